The van der Waals surface area contributed by atoms with Crippen LogP contribution in [0.25, 0.3) is 0 Å². The number of nitriles is 1. The van der Waals surface area contributed by atoms with Gasteiger partial charge in [0.05, 0.1) is 23.1 Å². The van der Waals surface area contributed by atoms with Gasteiger partial charge in [0.1, 0.15) is 0 Å². The summed E-state index contributed by atoms with van der Waals surface area (Å²) in [6.45, 7) is 0.298. The summed E-state index contributed by atoms with van der Waals surface area (Å²) >= 11 is 5.75. The molecule has 0 saturated heterocycles. The van der Waals surface area contributed by atoms with E-state index in [-0.39, 0.29) is 29.4 Å². The van der Waals surface area contributed by atoms with Crippen molar-refractivity contribution in [1.82, 2.24) is 4.90 Å². The molecule has 0 saturated carbocycles. The molecule has 0 unspecified atom stereocenters. The van der Waals surface area contributed by atoms with E-state index in [1.165, 1.54) is 17.0 Å². The molecule has 20 heavy (non-hydrogen) atoms. The highest BCUT2D eigenvalue weighted by Crippen LogP contribution is 2.17. The van der Waals surface area contributed by atoms with E-state index in [1.807, 2.05) is 6.07 Å². The topological polar surface area (TPSA) is 78.2 Å². The van der Waals surface area contributed by atoms with Crippen LogP contribution in [0.4, 0.5) is 0 Å². The van der Waals surface area contributed by atoms with Crippen LogP contribution in [-0.4, -0.2) is 38.6 Å². The van der Waals surface area contributed by atoms with Crippen LogP contribution in [0.5, 0.6) is 0 Å². The smallest absolute Gasteiger partial charge is 0.223 e. The molecule has 5 nitrogen and oxygen atoms in total. The second-order valence-corrected chi connectivity index (χ2v) is 6.80. The predicted molar refractivity (Wildman–Crippen MR) is 76.0 cm³/mol. The Labute approximate surface area is 123 Å². The van der Waals surface area contributed by atoms with E-state index in [0.29, 0.717) is 11.6 Å². The fourth-order valence-electron chi connectivity index (χ4n) is 1.53. The molecule has 0 bridgehead atoms. The molecule has 0 aliphatic carbocycles. The summed E-state index contributed by atoms with van der Waals surface area (Å²) in [5.41, 5.74) is 0. The van der Waals surface area contributed by atoms with E-state index in [4.69, 9.17) is 16.9 Å². The van der Waals surface area contributed by atoms with Crippen molar-refractivity contribution in [3.63, 3.8) is 0 Å². The van der Waals surface area contributed by atoms with Crippen LogP contribution in [0.15, 0.2) is 29.2 Å². The number of sulfone groups is 1. The Morgan fingerprint density at radius 3 is 2.75 bits per heavy atom. The lowest BCUT2D eigenvalue weighted by molar-refractivity contribution is -0.129. The van der Waals surface area contributed by atoms with E-state index in [9.17, 15) is 13.2 Å². The molecule has 1 aromatic carbocycles. The molecule has 0 aromatic heterocycles. The molecule has 0 atom stereocenters. The van der Waals surface area contributed by atoms with Crippen molar-refractivity contribution in [3.05, 3.63) is 29.3 Å². The van der Waals surface area contributed by atoms with Crippen LogP contribution in [0.2, 0.25) is 5.02 Å². The normalized spacial score (nSPS) is 10.8. The molecule has 108 valence electrons. The van der Waals surface area contributed by atoms with Gasteiger partial charge in [-0.2, -0.15) is 5.26 Å². The summed E-state index contributed by atoms with van der Waals surface area (Å²) < 4.78 is 24.1. The lowest BCUT2D eigenvalue weighted by Gasteiger charge is -2.15. The van der Waals surface area contributed by atoms with Gasteiger partial charge >= 0.3 is 0 Å². The Bertz CT molecular complexity index is 623. The van der Waals surface area contributed by atoms with E-state index >= 15 is 0 Å². The fraction of sp³-hybridized carbons (Fsp3) is 0.385. The second-order valence-electron chi connectivity index (χ2n) is 4.25. The molecule has 0 aliphatic rings. The number of hydrogen-bond donors (Lipinski definition) is 0. The number of halogens is 1. The molecule has 0 N–H and O–H groups in total. The van der Waals surface area contributed by atoms with Gasteiger partial charge in [-0.15, -0.1) is 0 Å². The number of rotatable bonds is 6. The Balaban J connectivity index is 2.65. The molecule has 0 aliphatic heterocycles. The fourth-order valence-corrected chi connectivity index (χ4v) is 3.06. The maximum atomic E-state index is 12.0. The molecule has 0 heterocycles. The molecule has 1 aromatic rings. The first-order chi connectivity index (χ1) is 9.36. The van der Waals surface area contributed by atoms with Gasteiger partial charge in [0.25, 0.3) is 0 Å². The first-order valence-corrected chi connectivity index (χ1v) is 7.99. The Hall–Kier alpha value is -1.58. The summed E-state index contributed by atoms with van der Waals surface area (Å²) in [5.74, 6) is -0.575. The molecule has 1 rings (SSSR count). The van der Waals surface area contributed by atoms with Gasteiger partial charge in [-0.25, -0.2) is 8.42 Å². The third-order valence-electron chi connectivity index (χ3n) is 2.72. The third-order valence-corrected chi connectivity index (χ3v) is 4.67. The van der Waals surface area contributed by atoms with Crippen LogP contribution >= 0.6 is 11.6 Å². The summed E-state index contributed by atoms with van der Waals surface area (Å²) in [6, 6.07) is 7.88. The van der Waals surface area contributed by atoms with Crippen LogP contribution in [0.1, 0.15) is 12.8 Å². The number of amides is 1. The molecule has 0 fully saturated rings. The van der Waals surface area contributed by atoms with Crippen molar-refractivity contribution >= 4 is 27.3 Å². The van der Waals surface area contributed by atoms with Gasteiger partial charge in [-0.3, -0.25) is 4.79 Å². The monoisotopic (exact) mass is 314 g/mol. The van der Waals surface area contributed by atoms with Gasteiger partial charge in [-0.05, 0) is 18.2 Å². The van der Waals surface area contributed by atoms with Crippen molar-refractivity contribution in [2.24, 2.45) is 0 Å². The number of hydrogen-bond acceptors (Lipinski definition) is 4. The van der Waals surface area contributed by atoms with Crippen molar-refractivity contribution in [3.8, 4) is 6.07 Å². The molecular formula is C13H15ClN2O3S. The van der Waals surface area contributed by atoms with E-state index < -0.39 is 9.84 Å². The van der Waals surface area contributed by atoms with Crippen LogP contribution in [0.3, 0.4) is 0 Å². The van der Waals surface area contributed by atoms with Crippen molar-refractivity contribution in [2.75, 3.05) is 19.3 Å². The second kappa shape index (κ2) is 7.27. The molecule has 7 heteroatoms. The zero-order valence-electron chi connectivity index (χ0n) is 11.0. The lowest BCUT2D eigenvalue weighted by Crippen LogP contribution is -2.29. The first kappa shape index (κ1) is 16.5. The van der Waals surface area contributed by atoms with E-state index in [2.05, 4.69) is 0 Å². The predicted octanol–water partition coefficient (Wildman–Crippen LogP) is 1.88. The van der Waals surface area contributed by atoms with Gasteiger partial charge in [0.2, 0.25) is 5.91 Å². The highest BCUT2D eigenvalue weighted by atomic mass is 35.5. The van der Waals surface area contributed by atoms with Gasteiger partial charge in [0.15, 0.2) is 9.84 Å². The average molecular weight is 315 g/mol. The highest BCUT2D eigenvalue weighted by Gasteiger charge is 2.18. The zero-order valence-corrected chi connectivity index (χ0v) is 12.6. The number of nitrogens with zero attached hydrogens (tertiary/aromatic N) is 2. The summed E-state index contributed by atoms with van der Waals surface area (Å²) in [7, 11) is -1.98. The maximum Gasteiger partial charge on any atom is 0.223 e. The Morgan fingerprint density at radius 1 is 1.45 bits per heavy atom. The Morgan fingerprint density at radius 2 is 2.15 bits per heavy atom. The highest BCUT2D eigenvalue weighted by molar-refractivity contribution is 7.91. The SMILES string of the molecule is CN(CCC#N)C(=O)CCS(=O)(=O)c1cccc(Cl)c1. The third kappa shape index (κ3) is 4.83. The van der Waals surface area contributed by atoms with Gasteiger partial charge < -0.3 is 4.90 Å². The molecule has 1 amide bonds. The van der Waals surface area contributed by atoms with E-state index in [1.54, 1.807) is 19.2 Å². The molecular weight excluding hydrogens is 300 g/mol. The number of carbonyl (C=O) groups is 1. The summed E-state index contributed by atoms with van der Waals surface area (Å²) in [5, 5.41) is 8.77. The van der Waals surface area contributed by atoms with E-state index in [0.717, 1.165) is 0 Å². The van der Waals surface area contributed by atoms with Gasteiger partial charge in [0, 0.05) is 25.0 Å². The average Bonchev–Trinajstić information content (AvgIpc) is 2.42. The molecule has 0 radical (unpaired) electrons. The Kier molecular flexibility index (Phi) is 5.99. The number of carbonyl (C=O) groups excluding carboxylic acids is 1. The first-order valence-electron chi connectivity index (χ1n) is 5.96. The minimum atomic E-state index is -3.53. The number of benzene rings is 1. The van der Waals surface area contributed by atoms with Crippen LogP contribution < -0.4 is 0 Å². The van der Waals surface area contributed by atoms with Gasteiger partial charge in [-0.1, -0.05) is 17.7 Å². The standard InChI is InChI=1S/C13H15ClN2O3S/c1-16(8-3-7-15)13(17)6-9-20(18,19)12-5-2-4-11(14)10-12/h2,4-5,10H,3,6,8-9H2,1H3. The lowest BCUT2D eigenvalue weighted by atomic mass is 10.3. The van der Waals surface area contributed by atoms with Crippen molar-refractivity contribution < 1.29 is 13.2 Å². The summed E-state index contributed by atoms with van der Waals surface area (Å²) in [6.07, 6.45) is 0.111. The summed E-state index contributed by atoms with van der Waals surface area (Å²) in [4.78, 5) is 13.2. The zero-order chi connectivity index (χ0) is 15.2. The van der Waals surface area contributed by atoms with Crippen molar-refractivity contribution in [1.29, 1.82) is 5.26 Å². The maximum absolute atomic E-state index is 12.0. The largest absolute Gasteiger partial charge is 0.345 e. The minimum Gasteiger partial charge on any atom is -0.345 e. The van der Waals surface area contributed by atoms with Crippen molar-refractivity contribution in [2.45, 2.75) is 17.7 Å². The van der Waals surface area contributed by atoms with Crippen LogP contribution in [-0.2, 0) is 14.6 Å². The minimum absolute atomic E-state index is 0.109. The van der Waals surface area contributed by atoms with Crippen LogP contribution in [0, 0.1) is 11.3 Å². The quantitative estimate of drug-likeness (QED) is 0.803. The molecule has 0 spiro atoms.